The fourth-order valence-corrected chi connectivity index (χ4v) is 2.65. The third kappa shape index (κ3) is 3.40. The van der Waals surface area contributed by atoms with Gasteiger partial charge in [0.15, 0.2) is 0 Å². The highest BCUT2D eigenvalue weighted by molar-refractivity contribution is 5.92. The first-order valence-corrected chi connectivity index (χ1v) is 8.04. The van der Waals surface area contributed by atoms with Crippen LogP contribution in [-0.4, -0.2) is 17.9 Å². The van der Waals surface area contributed by atoms with Crippen molar-refractivity contribution in [3.8, 4) is 0 Å². The molecule has 1 atom stereocenters. The summed E-state index contributed by atoms with van der Waals surface area (Å²) >= 11 is 0. The summed E-state index contributed by atoms with van der Waals surface area (Å²) < 4.78 is 5.86. The van der Waals surface area contributed by atoms with Gasteiger partial charge >= 0.3 is 0 Å². The molecule has 0 bridgehead atoms. The number of likely N-dealkylation sites (N-methyl/N-ethyl adjacent to an activating group) is 1. The van der Waals surface area contributed by atoms with Gasteiger partial charge in [-0.3, -0.25) is 4.79 Å². The van der Waals surface area contributed by atoms with Crippen molar-refractivity contribution in [1.29, 1.82) is 0 Å². The molecule has 0 aliphatic rings. The Bertz CT molecular complexity index is 858. The molecule has 0 spiro atoms. The largest absolute Gasteiger partial charge is 0.459 e. The van der Waals surface area contributed by atoms with Crippen LogP contribution in [0.2, 0.25) is 0 Å². The summed E-state index contributed by atoms with van der Waals surface area (Å²) in [5.41, 5.74) is 3.04. The second kappa shape index (κ2) is 6.75. The van der Waals surface area contributed by atoms with E-state index in [4.69, 9.17) is 4.42 Å². The van der Waals surface area contributed by atoms with Gasteiger partial charge in [-0.25, -0.2) is 0 Å². The molecule has 0 radical (unpaired) electrons. The molecule has 1 aromatic heterocycles. The van der Waals surface area contributed by atoms with Crippen LogP contribution < -0.4 is 0 Å². The van der Waals surface area contributed by atoms with E-state index >= 15 is 0 Å². The number of carbonyl (C=O) groups excluding carboxylic acids is 1. The third-order valence-corrected chi connectivity index (χ3v) is 4.25. The predicted molar refractivity (Wildman–Crippen MR) is 97.6 cm³/mol. The molecule has 3 nitrogen and oxygen atoms in total. The first kappa shape index (κ1) is 16.1. The van der Waals surface area contributed by atoms with Crippen LogP contribution in [0.25, 0.3) is 17.0 Å². The van der Waals surface area contributed by atoms with Gasteiger partial charge in [-0.1, -0.05) is 48.0 Å². The number of fused-ring (bicyclic) bond motifs is 1. The number of nitrogens with zero attached hydrogens (tertiary/aromatic N) is 1. The number of furan rings is 1. The average Bonchev–Trinajstić information content (AvgIpc) is 3.02. The number of hydrogen-bond acceptors (Lipinski definition) is 2. The number of hydrogen-bond donors (Lipinski definition) is 0. The van der Waals surface area contributed by atoms with Crippen LogP contribution in [0.15, 0.2) is 65.1 Å². The molecule has 0 saturated heterocycles. The fraction of sp³-hybridized carbons (Fsp3) is 0.190. The first-order valence-electron chi connectivity index (χ1n) is 8.04. The summed E-state index contributed by atoms with van der Waals surface area (Å²) in [6, 6.07) is 17.8. The van der Waals surface area contributed by atoms with E-state index < -0.39 is 0 Å². The van der Waals surface area contributed by atoms with E-state index in [1.165, 1.54) is 5.56 Å². The average molecular weight is 319 g/mol. The third-order valence-electron chi connectivity index (χ3n) is 4.25. The monoisotopic (exact) mass is 319 g/mol. The van der Waals surface area contributed by atoms with Gasteiger partial charge in [-0.05, 0) is 37.6 Å². The molecule has 1 heterocycles. The number of benzene rings is 2. The van der Waals surface area contributed by atoms with Crippen LogP contribution >= 0.6 is 0 Å². The molecule has 0 N–H and O–H groups in total. The quantitative estimate of drug-likeness (QED) is 0.636. The Labute approximate surface area is 142 Å². The highest BCUT2D eigenvalue weighted by Gasteiger charge is 2.19. The van der Waals surface area contributed by atoms with Gasteiger partial charge in [-0.2, -0.15) is 0 Å². The molecule has 24 heavy (non-hydrogen) atoms. The Morgan fingerprint density at radius 1 is 1.12 bits per heavy atom. The molecule has 0 aliphatic carbocycles. The number of rotatable bonds is 4. The van der Waals surface area contributed by atoms with E-state index in [1.54, 1.807) is 18.0 Å². The zero-order valence-corrected chi connectivity index (χ0v) is 14.2. The molecule has 1 unspecified atom stereocenters. The summed E-state index contributed by atoms with van der Waals surface area (Å²) in [5.74, 6) is 0.737. The molecule has 122 valence electrons. The van der Waals surface area contributed by atoms with Crippen molar-refractivity contribution in [3.05, 3.63) is 77.6 Å². The van der Waals surface area contributed by atoms with Crippen LogP contribution in [0.3, 0.4) is 0 Å². The minimum atomic E-state index is -0.132. The van der Waals surface area contributed by atoms with Gasteiger partial charge in [0, 0.05) is 18.5 Å². The van der Waals surface area contributed by atoms with Crippen LogP contribution in [0.4, 0.5) is 0 Å². The number of amides is 1. The van der Waals surface area contributed by atoms with Crippen LogP contribution in [-0.2, 0) is 4.79 Å². The van der Waals surface area contributed by atoms with Gasteiger partial charge in [0.05, 0.1) is 6.04 Å². The minimum absolute atomic E-state index is 0.0514. The van der Waals surface area contributed by atoms with E-state index in [2.05, 4.69) is 0 Å². The highest BCUT2D eigenvalue weighted by Crippen LogP contribution is 2.26. The summed E-state index contributed by atoms with van der Waals surface area (Å²) in [6.07, 6.45) is 3.45. The molecule has 3 heteroatoms. The van der Waals surface area contributed by atoms with Crippen molar-refractivity contribution in [1.82, 2.24) is 4.90 Å². The van der Waals surface area contributed by atoms with E-state index in [-0.39, 0.29) is 11.9 Å². The lowest BCUT2D eigenvalue weighted by Crippen LogP contribution is -2.27. The molecule has 3 aromatic rings. The summed E-state index contributed by atoms with van der Waals surface area (Å²) in [5, 5.41) is 1.05. The maximum Gasteiger partial charge on any atom is 0.246 e. The lowest BCUT2D eigenvalue weighted by Gasteiger charge is -2.21. The van der Waals surface area contributed by atoms with Crippen LogP contribution in [0, 0.1) is 6.92 Å². The SMILES string of the molecule is Cc1cccc(/C=C/C(=O)N(C)C(C)c2cc3ccccc3o2)c1. The second-order valence-corrected chi connectivity index (χ2v) is 6.06. The van der Waals surface area contributed by atoms with E-state index in [1.807, 2.05) is 74.5 Å². The maximum atomic E-state index is 12.4. The predicted octanol–water partition coefficient (Wildman–Crippen LogP) is 4.97. The normalized spacial score (nSPS) is 12.6. The van der Waals surface area contributed by atoms with Gasteiger partial charge < -0.3 is 9.32 Å². The summed E-state index contributed by atoms with van der Waals surface area (Å²) in [7, 11) is 1.79. The van der Waals surface area contributed by atoms with Gasteiger partial charge in [-0.15, -0.1) is 0 Å². The Morgan fingerprint density at radius 3 is 2.67 bits per heavy atom. The standard InChI is InChI=1S/C21H21NO2/c1-15-7-6-8-17(13-15)11-12-21(23)22(3)16(2)20-14-18-9-4-5-10-19(18)24-20/h4-14,16H,1-3H3/b12-11+. The van der Waals surface area contributed by atoms with Gasteiger partial charge in [0.25, 0.3) is 0 Å². The van der Waals surface area contributed by atoms with Crippen LogP contribution in [0.1, 0.15) is 29.9 Å². The van der Waals surface area contributed by atoms with Crippen LogP contribution in [0.5, 0.6) is 0 Å². The summed E-state index contributed by atoms with van der Waals surface area (Å²) in [4.78, 5) is 14.1. The van der Waals surface area contributed by atoms with Gasteiger partial charge in [0.1, 0.15) is 11.3 Å². The van der Waals surface area contributed by atoms with Crippen molar-refractivity contribution in [2.75, 3.05) is 7.05 Å². The second-order valence-electron chi connectivity index (χ2n) is 6.06. The number of carbonyl (C=O) groups is 1. The number of aryl methyl sites for hydroxylation is 1. The van der Waals surface area contributed by atoms with Crippen molar-refractivity contribution in [3.63, 3.8) is 0 Å². The van der Waals surface area contributed by atoms with Crippen molar-refractivity contribution in [2.24, 2.45) is 0 Å². The molecule has 0 fully saturated rings. The fourth-order valence-electron chi connectivity index (χ4n) is 2.65. The highest BCUT2D eigenvalue weighted by atomic mass is 16.3. The topological polar surface area (TPSA) is 33.5 Å². The zero-order valence-electron chi connectivity index (χ0n) is 14.2. The molecule has 1 amide bonds. The van der Waals surface area contributed by atoms with Crippen molar-refractivity contribution < 1.29 is 9.21 Å². The lowest BCUT2D eigenvalue weighted by molar-refractivity contribution is -0.126. The van der Waals surface area contributed by atoms with Crippen molar-refractivity contribution in [2.45, 2.75) is 19.9 Å². The van der Waals surface area contributed by atoms with E-state index in [0.29, 0.717) is 0 Å². The smallest absolute Gasteiger partial charge is 0.246 e. The summed E-state index contributed by atoms with van der Waals surface area (Å²) in [6.45, 7) is 4.01. The van der Waals surface area contributed by atoms with Gasteiger partial charge in [0.2, 0.25) is 5.91 Å². The van der Waals surface area contributed by atoms with E-state index in [9.17, 15) is 4.79 Å². The first-order chi connectivity index (χ1) is 11.5. The maximum absolute atomic E-state index is 12.4. The lowest BCUT2D eigenvalue weighted by atomic mass is 10.1. The Kier molecular flexibility index (Phi) is 4.52. The Hall–Kier alpha value is -2.81. The Balaban J connectivity index is 1.74. The number of para-hydroxylation sites is 1. The van der Waals surface area contributed by atoms with E-state index in [0.717, 1.165) is 22.3 Å². The molecular formula is C21H21NO2. The minimum Gasteiger partial charge on any atom is -0.459 e. The molecular weight excluding hydrogens is 298 g/mol. The molecule has 0 saturated carbocycles. The Morgan fingerprint density at radius 2 is 1.92 bits per heavy atom. The van der Waals surface area contributed by atoms with Crippen molar-refractivity contribution >= 4 is 23.0 Å². The molecule has 0 aliphatic heterocycles. The zero-order chi connectivity index (χ0) is 17.1. The molecule has 2 aromatic carbocycles. The molecule has 3 rings (SSSR count).